The summed E-state index contributed by atoms with van der Waals surface area (Å²) in [5, 5.41) is 11.5. The van der Waals surface area contributed by atoms with Gasteiger partial charge in [-0.1, -0.05) is 42.2 Å². The van der Waals surface area contributed by atoms with Gasteiger partial charge in [0.15, 0.2) is 0 Å². The maximum Gasteiger partial charge on any atom is 0.149 e. The van der Waals surface area contributed by atoms with Crippen molar-refractivity contribution in [3.63, 3.8) is 0 Å². The lowest BCUT2D eigenvalue weighted by atomic mass is 10.1. The van der Waals surface area contributed by atoms with Crippen LogP contribution in [0, 0.1) is 0 Å². The minimum Gasteiger partial charge on any atom is -0.494 e. The Bertz CT molecular complexity index is 335. The van der Waals surface area contributed by atoms with Crippen molar-refractivity contribution in [1.29, 1.82) is 0 Å². The maximum atomic E-state index is 8.43. The van der Waals surface area contributed by atoms with Crippen LogP contribution in [-0.2, 0) is 6.42 Å². The van der Waals surface area contributed by atoms with E-state index in [1.165, 1.54) is 0 Å². The summed E-state index contributed by atoms with van der Waals surface area (Å²) < 4.78 is 5.52. The molecule has 0 radical (unpaired) electrons. The first-order valence-corrected chi connectivity index (χ1v) is 5.72. The maximum absolute atomic E-state index is 8.43. The first kappa shape index (κ1) is 12.8. The first-order valence-electron chi connectivity index (χ1n) is 5.34. The molecule has 0 aliphatic heterocycles. The molecule has 0 amide bonds. The van der Waals surface area contributed by atoms with Crippen molar-refractivity contribution in [1.82, 2.24) is 0 Å². The highest BCUT2D eigenvalue weighted by molar-refractivity contribution is 6.65. The number of ether oxygens (including phenoxy) is 1. The molecule has 0 saturated heterocycles. The van der Waals surface area contributed by atoms with Gasteiger partial charge in [0.1, 0.15) is 10.9 Å². The molecule has 0 bridgehead atoms. The quantitative estimate of drug-likeness (QED) is 0.359. The Morgan fingerprint density at radius 2 is 2.06 bits per heavy atom. The molecule has 0 aliphatic rings. The van der Waals surface area contributed by atoms with Crippen molar-refractivity contribution in [3.05, 3.63) is 29.8 Å². The monoisotopic (exact) mass is 241 g/mol. The molecule has 1 aromatic rings. The van der Waals surface area contributed by atoms with Crippen molar-refractivity contribution in [2.45, 2.75) is 26.2 Å². The minimum absolute atomic E-state index is 0.180. The van der Waals surface area contributed by atoms with Gasteiger partial charge in [0, 0.05) is 6.42 Å². The van der Waals surface area contributed by atoms with E-state index in [9.17, 15) is 0 Å². The number of benzene rings is 1. The van der Waals surface area contributed by atoms with Crippen LogP contribution in [0.1, 0.15) is 25.3 Å². The van der Waals surface area contributed by atoms with E-state index in [1.54, 1.807) is 0 Å². The van der Waals surface area contributed by atoms with Crippen molar-refractivity contribution in [2.75, 3.05) is 6.61 Å². The summed E-state index contributed by atoms with van der Waals surface area (Å²) in [4.78, 5) is 0. The van der Waals surface area contributed by atoms with Crippen molar-refractivity contribution in [3.8, 4) is 5.75 Å². The summed E-state index contributed by atoms with van der Waals surface area (Å²) in [5.41, 5.74) is 0.991. The summed E-state index contributed by atoms with van der Waals surface area (Å²) in [7, 11) is 0. The fourth-order valence-corrected chi connectivity index (χ4v) is 1.40. The third-order valence-corrected chi connectivity index (χ3v) is 2.36. The smallest absolute Gasteiger partial charge is 0.149 e. The Balaban J connectivity index is 2.47. The van der Waals surface area contributed by atoms with Gasteiger partial charge in [-0.05, 0) is 24.1 Å². The normalized spacial score (nSPS) is 11.5. The molecular weight excluding hydrogens is 226 g/mol. The van der Waals surface area contributed by atoms with Gasteiger partial charge >= 0.3 is 0 Å². The molecule has 4 heteroatoms. The molecule has 0 aliphatic carbocycles. The van der Waals surface area contributed by atoms with E-state index in [4.69, 9.17) is 21.5 Å². The van der Waals surface area contributed by atoms with Gasteiger partial charge in [-0.25, -0.2) is 0 Å². The predicted octanol–water partition coefficient (Wildman–Crippen LogP) is 3.43. The fraction of sp³-hybridized carbons (Fsp3) is 0.417. The second-order valence-corrected chi connectivity index (χ2v) is 3.94. The average Bonchev–Trinajstić information content (AvgIpc) is 2.31. The van der Waals surface area contributed by atoms with Crippen molar-refractivity contribution >= 4 is 16.8 Å². The van der Waals surface area contributed by atoms with E-state index in [0.717, 1.165) is 30.8 Å². The van der Waals surface area contributed by atoms with Crippen LogP contribution in [-0.4, -0.2) is 17.0 Å². The number of rotatable bonds is 6. The molecule has 0 aromatic heterocycles. The van der Waals surface area contributed by atoms with Crippen LogP contribution in [0.15, 0.2) is 29.4 Å². The van der Waals surface area contributed by atoms with Gasteiger partial charge in [-0.2, -0.15) is 0 Å². The molecule has 16 heavy (non-hydrogen) atoms. The first-order chi connectivity index (χ1) is 7.76. The van der Waals surface area contributed by atoms with E-state index < -0.39 is 0 Å². The molecule has 1 aromatic carbocycles. The summed E-state index contributed by atoms with van der Waals surface area (Å²) in [5.74, 6) is 0.856. The Morgan fingerprint density at radius 1 is 1.38 bits per heavy atom. The minimum atomic E-state index is 0.180. The van der Waals surface area contributed by atoms with Crippen LogP contribution in [0.4, 0.5) is 0 Å². The number of hydrogen-bond donors (Lipinski definition) is 1. The van der Waals surface area contributed by atoms with Crippen LogP contribution in [0.3, 0.4) is 0 Å². The van der Waals surface area contributed by atoms with E-state index in [-0.39, 0.29) is 5.17 Å². The van der Waals surface area contributed by atoms with Crippen LogP contribution in [0.25, 0.3) is 0 Å². The van der Waals surface area contributed by atoms with Crippen LogP contribution in [0.2, 0.25) is 0 Å². The molecule has 1 N–H and O–H groups in total. The zero-order chi connectivity index (χ0) is 11.8. The standard InChI is InChI=1S/C12H16ClNO2/c1-2-3-8-16-11-6-4-10(5-7-11)9-12(13)14-15/h4-7,15H,2-3,8-9H2,1H3/b14-12-. The predicted molar refractivity (Wildman–Crippen MR) is 65.6 cm³/mol. The fourth-order valence-electron chi connectivity index (χ4n) is 1.24. The topological polar surface area (TPSA) is 41.8 Å². The second-order valence-electron chi connectivity index (χ2n) is 3.50. The molecule has 3 nitrogen and oxygen atoms in total. The van der Waals surface area contributed by atoms with E-state index >= 15 is 0 Å². The van der Waals surface area contributed by atoms with Gasteiger partial charge < -0.3 is 9.94 Å². The number of unbranched alkanes of at least 4 members (excludes halogenated alkanes) is 1. The number of hydrogen-bond acceptors (Lipinski definition) is 3. The van der Waals surface area contributed by atoms with E-state index in [1.807, 2.05) is 24.3 Å². The van der Waals surface area contributed by atoms with E-state index in [0.29, 0.717) is 6.42 Å². The van der Waals surface area contributed by atoms with Crippen LogP contribution in [0.5, 0.6) is 5.75 Å². The molecule has 0 saturated carbocycles. The van der Waals surface area contributed by atoms with Gasteiger partial charge in [0.05, 0.1) is 6.61 Å². The summed E-state index contributed by atoms with van der Waals surface area (Å²) >= 11 is 5.61. The average molecular weight is 242 g/mol. The second kappa shape index (κ2) is 7.12. The zero-order valence-electron chi connectivity index (χ0n) is 9.32. The molecule has 1 rings (SSSR count). The van der Waals surface area contributed by atoms with Gasteiger partial charge in [-0.3, -0.25) is 0 Å². The molecule has 0 atom stereocenters. The van der Waals surface area contributed by atoms with Gasteiger partial charge in [-0.15, -0.1) is 0 Å². The third kappa shape index (κ3) is 4.53. The highest BCUT2D eigenvalue weighted by Crippen LogP contribution is 2.13. The third-order valence-electron chi connectivity index (χ3n) is 2.15. The summed E-state index contributed by atoms with van der Waals surface area (Å²) in [6.07, 6.45) is 2.62. The molecule has 88 valence electrons. The van der Waals surface area contributed by atoms with Crippen LogP contribution >= 0.6 is 11.6 Å². The molecular formula is C12H16ClNO2. The highest BCUT2D eigenvalue weighted by Gasteiger charge is 1.99. The Labute approximate surface area is 101 Å². The largest absolute Gasteiger partial charge is 0.494 e. The Morgan fingerprint density at radius 3 is 2.62 bits per heavy atom. The lowest BCUT2D eigenvalue weighted by Crippen LogP contribution is -1.97. The SMILES string of the molecule is CCCCOc1ccc(C/C(Cl)=N/O)cc1. The number of nitrogens with zero attached hydrogens (tertiary/aromatic N) is 1. The molecule has 0 fully saturated rings. The molecule has 0 unspecified atom stereocenters. The Kier molecular flexibility index (Phi) is 5.72. The van der Waals surface area contributed by atoms with Gasteiger partial charge in [0.25, 0.3) is 0 Å². The summed E-state index contributed by atoms with van der Waals surface area (Å²) in [6.45, 7) is 2.87. The summed E-state index contributed by atoms with van der Waals surface area (Å²) in [6, 6.07) is 7.61. The van der Waals surface area contributed by atoms with Gasteiger partial charge in [0.2, 0.25) is 0 Å². The highest BCUT2D eigenvalue weighted by atomic mass is 35.5. The van der Waals surface area contributed by atoms with E-state index in [2.05, 4.69) is 12.1 Å². The number of halogens is 1. The van der Waals surface area contributed by atoms with Crippen LogP contribution < -0.4 is 4.74 Å². The molecule has 0 spiro atoms. The molecule has 0 heterocycles. The Hall–Kier alpha value is -1.22. The van der Waals surface area contributed by atoms with Crippen molar-refractivity contribution < 1.29 is 9.94 Å². The van der Waals surface area contributed by atoms with Crippen molar-refractivity contribution in [2.24, 2.45) is 5.16 Å². The number of oxime groups is 1. The lowest BCUT2D eigenvalue weighted by Gasteiger charge is -2.05. The zero-order valence-corrected chi connectivity index (χ0v) is 10.1. The lowest BCUT2D eigenvalue weighted by molar-refractivity contribution is 0.309.